The summed E-state index contributed by atoms with van der Waals surface area (Å²) >= 11 is 0. The minimum atomic E-state index is -3.60. The van der Waals surface area contributed by atoms with Crippen LogP contribution in [0.1, 0.15) is 18.0 Å². The Bertz CT molecular complexity index is 682. The molecule has 3 N–H and O–H groups in total. The van der Waals surface area contributed by atoms with Crippen LogP contribution in [0.2, 0.25) is 0 Å². The first-order chi connectivity index (χ1) is 9.10. The number of fused-ring (bicyclic) bond motifs is 1. The summed E-state index contributed by atoms with van der Waals surface area (Å²) in [6.45, 7) is 0.375. The van der Waals surface area contributed by atoms with Crippen LogP contribution in [0.25, 0.3) is 0 Å². The summed E-state index contributed by atoms with van der Waals surface area (Å²) < 4.78 is 26.5. The Morgan fingerprint density at radius 2 is 2.16 bits per heavy atom. The summed E-state index contributed by atoms with van der Waals surface area (Å²) in [6.07, 6.45) is 3.27. The molecule has 0 fully saturated rings. The van der Waals surface area contributed by atoms with Gasteiger partial charge in [-0.2, -0.15) is 8.42 Å². The van der Waals surface area contributed by atoms with Crippen molar-refractivity contribution in [3.05, 3.63) is 42.4 Å². The van der Waals surface area contributed by atoms with Crippen molar-refractivity contribution in [2.24, 2.45) is 5.73 Å². The third kappa shape index (κ3) is 1.91. The van der Waals surface area contributed by atoms with Gasteiger partial charge in [-0.15, -0.1) is 0 Å². The molecular weight excluding hydrogens is 264 g/mol. The Hall–Kier alpha value is -1.86. The van der Waals surface area contributed by atoms with Gasteiger partial charge in [-0.3, -0.25) is 4.31 Å². The summed E-state index contributed by atoms with van der Waals surface area (Å²) in [7, 11) is -3.60. The van der Waals surface area contributed by atoms with Crippen LogP contribution in [-0.4, -0.2) is 24.9 Å². The quantitative estimate of drug-likeness (QED) is 0.857. The Morgan fingerprint density at radius 1 is 1.37 bits per heavy atom. The van der Waals surface area contributed by atoms with Gasteiger partial charge >= 0.3 is 0 Å². The molecule has 0 spiro atoms. The first-order valence-electron chi connectivity index (χ1n) is 5.96. The van der Waals surface area contributed by atoms with E-state index in [9.17, 15) is 8.42 Å². The van der Waals surface area contributed by atoms with Crippen LogP contribution in [0.3, 0.4) is 0 Å². The van der Waals surface area contributed by atoms with Crippen molar-refractivity contribution in [2.45, 2.75) is 17.5 Å². The van der Waals surface area contributed by atoms with Gasteiger partial charge in [0.15, 0.2) is 5.03 Å². The number of benzene rings is 1. The van der Waals surface area contributed by atoms with Crippen LogP contribution >= 0.6 is 0 Å². The summed E-state index contributed by atoms with van der Waals surface area (Å²) in [4.78, 5) is 6.41. The molecule has 1 unspecified atom stereocenters. The maximum Gasteiger partial charge on any atom is 0.281 e. The van der Waals surface area contributed by atoms with Gasteiger partial charge in [-0.25, -0.2) is 4.98 Å². The second kappa shape index (κ2) is 4.36. The highest BCUT2D eigenvalue weighted by atomic mass is 32.2. The van der Waals surface area contributed by atoms with E-state index in [1.165, 1.54) is 16.8 Å². The highest BCUT2D eigenvalue weighted by Gasteiger charge is 2.32. The number of nitrogens with two attached hydrogens (primary N) is 1. The van der Waals surface area contributed by atoms with E-state index >= 15 is 0 Å². The number of aromatic nitrogens is 2. The zero-order chi connectivity index (χ0) is 13.5. The standard InChI is InChI=1S/C12H14N4O2S/c13-10-5-6-16(11-4-2-1-3-9(10)11)19(17,18)12-7-14-8-15-12/h1-4,7-8,10H,5-6,13H2,(H,14,15). The van der Waals surface area contributed by atoms with Crippen molar-refractivity contribution in [3.8, 4) is 0 Å². The molecule has 19 heavy (non-hydrogen) atoms. The van der Waals surface area contributed by atoms with Gasteiger partial charge in [-0.05, 0) is 18.1 Å². The maximum absolute atomic E-state index is 12.5. The second-order valence-corrected chi connectivity index (χ2v) is 6.28. The van der Waals surface area contributed by atoms with Gasteiger partial charge in [0.05, 0.1) is 18.2 Å². The lowest BCUT2D eigenvalue weighted by Gasteiger charge is -2.32. The van der Waals surface area contributed by atoms with E-state index in [0.717, 1.165) is 5.56 Å². The lowest BCUT2D eigenvalue weighted by molar-refractivity contribution is 0.572. The molecule has 3 rings (SSSR count). The number of para-hydroxylation sites is 1. The fourth-order valence-electron chi connectivity index (χ4n) is 2.31. The van der Waals surface area contributed by atoms with Crippen LogP contribution in [0, 0.1) is 0 Å². The monoisotopic (exact) mass is 278 g/mol. The molecule has 0 radical (unpaired) electrons. The van der Waals surface area contributed by atoms with Crippen LogP contribution in [0.15, 0.2) is 41.8 Å². The largest absolute Gasteiger partial charge is 0.334 e. The zero-order valence-corrected chi connectivity index (χ0v) is 11.0. The third-order valence-electron chi connectivity index (χ3n) is 3.29. The Labute approximate surface area is 111 Å². The number of aromatic amines is 1. The van der Waals surface area contributed by atoms with Crippen molar-refractivity contribution < 1.29 is 8.42 Å². The Morgan fingerprint density at radius 3 is 2.89 bits per heavy atom. The van der Waals surface area contributed by atoms with Crippen LogP contribution in [0.4, 0.5) is 5.69 Å². The van der Waals surface area contributed by atoms with E-state index in [1.54, 1.807) is 6.07 Å². The first kappa shape index (κ1) is 12.2. The van der Waals surface area contributed by atoms with Crippen molar-refractivity contribution >= 4 is 15.7 Å². The predicted octanol–water partition coefficient (Wildman–Crippen LogP) is 1.01. The van der Waals surface area contributed by atoms with E-state index in [0.29, 0.717) is 18.7 Å². The molecule has 1 aliphatic heterocycles. The first-order valence-corrected chi connectivity index (χ1v) is 7.40. The predicted molar refractivity (Wildman–Crippen MR) is 71.1 cm³/mol. The van der Waals surface area contributed by atoms with E-state index in [1.807, 2.05) is 18.2 Å². The molecular formula is C12H14N4O2S. The fourth-order valence-corrected chi connectivity index (χ4v) is 3.72. The molecule has 1 atom stereocenters. The molecule has 7 heteroatoms. The average molecular weight is 278 g/mol. The average Bonchev–Trinajstić information content (AvgIpc) is 2.94. The smallest absolute Gasteiger partial charge is 0.281 e. The summed E-state index contributed by atoms with van der Waals surface area (Å²) in [5.74, 6) is 0. The van der Waals surface area contributed by atoms with Gasteiger partial charge in [0, 0.05) is 12.6 Å². The molecule has 0 saturated carbocycles. The number of rotatable bonds is 2. The Balaban J connectivity index is 2.11. The van der Waals surface area contributed by atoms with Gasteiger partial charge in [0.25, 0.3) is 10.0 Å². The zero-order valence-electron chi connectivity index (χ0n) is 10.2. The number of hydrogen-bond acceptors (Lipinski definition) is 4. The number of anilines is 1. The van der Waals surface area contributed by atoms with E-state index in [4.69, 9.17) is 5.73 Å². The molecule has 2 aromatic rings. The normalized spacial score (nSPS) is 19.2. The minimum absolute atomic E-state index is 0.0952. The molecule has 6 nitrogen and oxygen atoms in total. The highest BCUT2D eigenvalue weighted by molar-refractivity contribution is 7.92. The fraction of sp³-hybridized carbons (Fsp3) is 0.250. The molecule has 1 aromatic carbocycles. The molecule has 1 aliphatic rings. The molecule has 0 amide bonds. The number of imidazole rings is 1. The highest BCUT2D eigenvalue weighted by Crippen LogP contribution is 2.35. The van der Waals surface area contributed by atoms with Crippen LogP contribution in [0.5, 0.6) is 0 Å². The van der Waals surface area contributed by atoms with Gasteiger partial charge < -0.3 is 10.7 Å². The summed E-state index contributed by atoms with van der Waals surface area (Å²) in [6, 6.07) is 7.21. The van der Waals surface area contributed by atoms with Crippen LogP contribution < -0.4 is 10.0 Å². The molecule has 0 bridgehead atoms. The number of nitrogens with one attached hydrogen (secondary N) is 1. The number of sulfonamides is 1. The van der Waals surface area contributed by atoms with Gasteiger partial charge in [0.2, 0.25) is 0 Å². The summed E-state index contributed by atoms with van der Waals surface area (Å²) in [5.41, 5.74) is 7.54. The van der Waals surface area contributed by atoms with Crippen molar-refractivity contribution in [1.82, 2.24) is 9.97 Å². The van der Waals surface area contributed by atoms with Crippen molar-refractivity contribution in [1.29, 1.82) is 0 Å². The lowest BCUT2D eigenvalue weighted by atomic mass is 9.99. The maximum atomic E-state index is 12.5. The van der Waals surface area contributed by atoms with Gasteiger partial charge in [0.1, 0.15) is 0 Å². The number of H-pyrrole nitrogens is 1. The van der Waals surface area contributed by atoms with E-state index in [-0.39, 0.29) is 11.1 Å². The molecule has 1 aromatic heterocycles. The summed E-state index contributed by atoms with van der Waals surface area (Å²) in [5, 5.41) is 0.0952. The van der Waals surface area contributed by atoms with Gasteiger partial charge in [-0.1, -0.05) is 18.2 Å². The SMILES string of the molecule is NC1CCN(S(=O)(=O)c2cnc[nH]2)c2ccccc21. The second-order valence-electron chi connectivity index (χ2n) is 4.45. The van der Waals surface area contributed by atoms with E-state index < -0.39 is 10.0 Å². The molecule has 0 aliphatic carbocycles. The topological polar surface area (TPSA) is 92.1 Å². The van der Waals surface area contributed by atoms with E-state index in [2.05, 4.69) is 9.97 Å². The van der Waals surface area contributed by atoms with Crippen molar-refractivity contribution in [2.75, 3.05) is 10.8 Å². The third-order valence-corrected chi connectivity index (χ3v) is 5.03. The molecule has 100 valence electrons. The Kier molecular flexibility index (Phi) is 2.79. The number of nitrogens with zero attached hydrogens (tertiary/aromatic N) is 2. The van der Waals surface area contributed by atoms with Crippen LogP contribution in [-0.2, 0) is 10.0 Å². The number of hydrogen-bond donors (Lipinski definition) is 2. The lowest BCUT2D eigenvalue weighted by Crippen LogP contribution is -2.38. The molecule has 2 heterocycles. The minimum Gasteiger partial charge on any atom is -0.334 e. The molecule has 0 saturated heterocycles. The van der Waals surface area contributed by atoms with Crippen molar-refractivity contribution in [3.63, 3.8) is 0 Å².